The SMILES string of the molecule is N[C@H]1CCN(S(=O)(=O)c2ccccn2)C[C@H]1F. The van der Waals surface area contributed by atoms with Crippen LogP contribution >= 0.6 is 0 Å². The van der Waals surface area contributed by atoms with Gasteiger partial charge in [-0.1, -0.05) is 6.07 Å². The third-order valence-electron chi connectivity index (χ3n) is 2.80. The van der Waals surface area contributed by atoms with Crippen molar-refractivity contribution in [3.8, 4) is 0 Å². The molecule has 94 valence electrons. The van der Waals surface area contributed by atoms with E-state index >= 15 is 0 Å². The molecular weight excluding hydrogens is 245 g/mol. The summed E-state index contributed by atoms with van der Waals surface area (Å²) >= 11 is 0. The van der Waals surface area contributed by atoms with Crippen LogP contribution in [0.15, 0.2) is 29.4 Å². The van der Waals surface area contributed by atoms with Gasteiger partial charge in [0, 0.05) is 25.3 Å². The minimum Gasteiger partial charge on any atom is -0.325 e. The van der Waals surface area contributed by atoms with Gasteiger partial charge in [0.25, 0.3) is 10.0 Å². The Labute approximate surface area is 99.5 Å². The van der Waals surface area contributed by atoms with Gasteiger partial charge >= 0.3 is 0 Å². The summed E-state index contributed by atoms with van der Waals surface area (Å²) in [5.74, 6) is 0. The van der Waals surface area contributed by atoms with Crippen molar-refractivity contribution in [3.05, 3.63) is 24.4 Å². The molecule has 1 aliphatic heterocycles. The van der Waals surface area contributed by atoms with Crippen molar-refractivity contribution in [3.63, 3.8) is 0 Å². The van der Waals surface area contributed by atoms with Crippen LogP contribution in [0.3, 0.4) is 0 Å². The van der Waals surface area contributed by atoms with Crippen LogP contribution in [0.2, 0.25) is 0 Å². The molecule has 0 saturated carbocycles. The lowest BCUT2D eigenvalue weighted by molar-refractivity contribution is 0.176. The van der Waals surface area contributed by atoms with E-state index in [9.17, 15) is 12.8 Å². The van der Waals surface area contributed by atoms with Crippen LogP contribution in [0, 0.1) is 0 Å². The molecule has 0 amide bonds. The molecule has 1 aromatic heterocycles. The lowest BCUT2D eigenvalue weighted by Crippen LogP contribution is -2.50. The molecule has 1 aliphatic rings. The maximum Gasteiger partial charge on any atom is 0.260 e. The number of hydrogen-bond acceptors (Lipinski definition) is 4. The van der Waals surface area contributed by atoms with E-state index in [1.54, 1.807) is 12.1 Å². The Morgan fingerprint density at radius 3 is 2.82 bits per heavy atom. The first-order valence-electron chi connectivity index (χ1n) is 5.32. The normalized spacial score (nSPS) is 26.9. The Hall–Kier alpha value is -1.05. The lowest BCUT2D eigenvalue weighted by Gasteiger charge is -2.31. The van der Waals surface area contributed by atoms with E-state index in [-0.39, 0.29) is 18.1 Å². The zero-order chi connectivity index (χ0) is 12.5. The minimum atomic E-state index is -3.69. The number of alkyl halides is 1. The number of hydrogen-bond donors (Lipinski definition) is 1. The molecule has 0 spiro atoms. The van der Waals surface area contributed by atoms with Crippen molar-refractivity contribution in [2.75, 3.05) is 13.1 Å². The summed E-state index contributed by atoms with van der Waals surface area (Å²) in [6.45, 7) is 0.0422. The largest absolute Gasteiger partial charge is 0.325 e. The molecule has 0 aliphatic carbocycles. The highest BCUT2D eigenvalue weighted by Gasteiger charge is 2.34. The van der Waals surface area contributed by atoms with Crippen LogP contribution in [0.1, 0.15) is 6.42 Å². The molecule has 17 heavy (non-hydrogen) atoms. The summed E-state index contributed by atoms with van der Waals surface area (Å²) in [6, 6.07) is 4.04. The van der Waals surface area contributed by atoms with E-state index in [1.807, 2.05) is 0 Å². The fraction of sp³-hybridized carbons (Fsp3) is 0.500. The number of sulfonamides is 1. The molecule has 1 saturated heterocycles. The number of aromatic nitrogens is 1. The second-order valence-corrected chi connectivity index (χ2v) is 5.88. The second kappa shape index (κ2) is 4.67. The third kappa shape index (κ3) is 2.46. The van der Waals surface area contributed by atoms with Crippen LogP contribution in [-0.2, 0) is 10.0 Å². The van der Waals surface area contributed by atoms with E-state index in [0.29, 0.717) is 6.42 Å². The molecule has 1 aromatic rings. The van der Waals surface area contributed by atoms with Gasteiger partial charge in [0.1, 0.15) is 6.17 Å². The Morgan fingerprint density at radius 1 is 1.47 bits per heavy atom. The van der Waals surface area contributed by atoms with Gasteiger partial charge in [-0.05, 0) is 18.6 Å². The lowest BCUT2D eigenvalue weighted by atomic mass is 10.1. The first-order valence-corrected chi connectivity index (χ1v) is 6.76. The van der Waals surface area contributed by atoms with Crippen molar-refractivity contribution < 1.29 is 12.8 Å². The van der Waals surface area contributed by atoms with Crippen molar-refractivity contribution in [1.29, 1.82) is 0 Å². The van der Waals surface area contributed by atoms with E-state index in [1.165, 1.54) is 12.3 Å². The van der Waals surface area contributed by atoms with E-state index in [2.05, 4.69) is 4.98 Å². The van der Waals surface area contributed by atoms with Gasteiger partial charge in [0.05, 0.1) is 0 Å². The third-order valence-corrected chi connectivity index (χ3v) is 4.58. The number of pyridine rings is 1. The molecule has 7 heteroatoms. The monoisotopic (exact) mass is 259 g/mol. The topological polar surface area (TPSA) is 76.3 Å². The molecule has 2 atom stereocenters. The van der Waals surface area contributed by atoms with E-state index in [0.717, 1.165) is 4.31 Å². The van der Waals surface area contributed by atoms with Gasteiger partial charge in [0.15, 0.2) is 5.03 Å². The Kier molecular flexibility index (Phi) is 3.41. The smallest absolute Gasteiger partial charge is 0.260 e. The highest BCUT2D eigenvalue weighted by Crippen LogP contribution is 2.19. The van der Waals surface area contributed by atoms with Gasteiger partial charge in [-0.25, -0.2) is 17.8 Å². The maximum absolute atomic E-state index is 13.4. The molecule has 2 N–H and O–H groups in total. The standard InChI is InChI=1S/C10H14FN3O2S/c11-8-7-14(6-4-9(8)12)17(15,16)10-3-1-2-5-13-10/h1-3,5,8-9H,4,6-7,12H2/t8-,9+/m1/s1. The first kappa shape index (κ1) is 12.4. The molecule has 0 unspecified atom stereocenters. The number of nitrogens with two attached hydrogens (primary N) is 1. The summed E-state index contributed by atoms with van der Waals surface area (Å²) in [5.41, 5.74) is 5.51. The van der Waals surface area contributed by atoms with Crippen LogP contribution in [0.4, 0.5) is 4.39 Å². The summed E-state index contributed by atoms with van der Waals surface area (Å²) in [6.07, 6.45) is 0.408. The molecule has 0 aromatic carbocycles. The van der Waals surface area contributed by atoms with Crippen LogP contribution < -0.4 is 5.73 Å². The number of rotatable bonds is 2. The van der Waals surface area contributed by atoms with Crippen molar-refractivity contribution >= 4 is 10.0 Å². The number of halogens is 1. The predicted octanol–water partition coefficient (Wildman–Crippen LogP) is 0.141. The Bertz CT molecular complexity index is 480. The highest BCUT2D eigenvalue weighted by atomic mass is 32.2. The maximum atomic E-state index is 13.4. The molecule has 2 heterocycles. The fourth-order valence-corrected chi connectivity index (χ4v) is 3.14. The van der Waals surface area contributed by atoms with E-state index < -0.39 is 22.2 Å². The van der Waals surface area contributed by atoms with Crippen molar-refractivity contribution in [2.24, 2.45) is 5.73 Å². The van der Waals surface area contributed by atoms with Gasteiger partial charge < -0.3 is 5.73 Å². The van der Waals surface area contributed by atoms with Gasteiger partial charge in [-0.15, -0.1) is 0 Å². The molecule has 1 fully saturated rings. The zero-order valence-corrected chi connectivity index (χ0v) is 9.98. The Morgan fingerprint density at radius 2 is 2.24 bits per heavy atom. The molecule has 5 nitrogen and oxygen atoms in total. The summed E-state index contributed by atoms with van der Waals surface area (Å²) in [4.78, 5) is 3.79. The average molecular weight is 259 g/mol. The van der Waals surface area contributed by atoms with Crippen LogP contribution in [0.5, 0.6) is 0 Å². The second-order valence-electron chi connectivity index (χ2n) is 4.00. The Balaban J connectivity index is 2.23. The summed E-state index contributed by atoms with van der Waals surface area (Å²) in [7, 11) is -3.69. The molecule has 0 radical (unpaired) electrons. The van der Waals surface area contributed by atoms with Gasteiger partial charge in [-0.2, -0.15) is 4.31 Å². The van der Waals surface area contributed by atoms with Crippen LogP contribution in [0.25, 0.3) is 0 Å². The van der Waals surface area contributed by atoms with Crippen molar-refractivity contribution in [2.45, 2.75) is 23.7 Å². The molecular formula is C10H14FN3O2S. The van der Waals surface area contributed by atoms with Gasteiger partial charge in [-0.3, -0.25) is 0 Å². The quantitative estimate of drug-likeness (QED) is 0.819. The zero-order valence-electron chi connectivity index (χ0n) is 9.16. The fourth-order valence-electron chi connectivity index (χ4n) is 1.75. The number of piperidine rings is 1. The first-order chi connectivity index (χ1) is 8.01. The highest BCUT2D eigenvalue weighted by molar-refractivity contribution is 7.89. The molecule has 2 rings (SSSR count). The number of nitrogens with zero attached hydrogens (tertiary/aromatic N) is 2. The van der Waals surface area contributed by atoms with Gasteiger partial charge in [0.2, 0.25) is 0 Å². The summed E-state index contributed by atoms with van der Waals surface area (Å²) < 4.78 is 38.7. The van der Waals surface area contributed by atoms with Crippen LogP contribution in [-0.4, -0.2) is 43.0 Å². The average Bonchev–Trinajstić information content (AvgIpc) is 2.33. The predicted molar refractivity (Wildman–Crippen MR) is 60.5 cm³/mol. The summed E-state index contributed by atoms with van der Waals surface area (Å²) in [5, 5.41) is -0.0531. The van der Waals surface area contributed by atoms with E-state index in [4.69, 9.17) is 5.73 Å². The molecule has 0 bridgehead atoms. The minimum absolute atomic E-state index is 0.0531. The van der Waals surface area contributed by atoms with Crippen molar-refractivity contribution in [1.82, 2.24) is 9.29 Å².